The Morgan fingerprint density at radius 2 is 2.00 bits per heavy atom. The third-order valence-electron chi connectivity index (χ3n) is 2.23. The molecule has 11 heavy (non-hydrogen) atoms. The summed E-state index contributed by atoms with van der Waals surface area (Å²) in [5, 5.41) is 0. The summed E-state index contributed by atoms with van der Waals surface area (Å²) >= 11 is 0. The van der Waals surface area contributed by atoms with Crippen molar-refractivity contribution in [1.29, 1.82) is 0 Å². The highest BCUT2D eigenvalue weighted by molar-refractivity contribution is 4.65. The van der Waals surface area contributed by atoms with E-state index in [4.69, 9.17) is 0 Å². The molecule has 0 heterocycles. The average Bonchev–Trinajstić information content (AvgIpc) is 2.00. The fourth-order valence-corrected chi connectivity index (χ4v) is 0.678. The molecule has 0 atom stereocenters. The summed E-state index contributed by atoms with van der Waals surface area (Å²) in [7, 11) is 6.55. The van der Waals surface area contributed by atoms with Gasteiger partial charge in [-0.2, -0.15) is 0 Å². The zero-order valence-electron chi connectivity index (χ0n) is 8.30. The summed E-state index contributed by atoms with van der Waals surface area (Å²) in [6, 6.07) is 0. The second-order valence-corrected chi connectivity index (χ2v) is 3.64. The zero-order chi connectivity index (χ0) is 8.91. The van der Waals surface area contributed by atoms with Gasteiger partial charge in [-0.05, 0) is 13.1 Å². The van der Waals surface area contributed by atoms with Crippen molar-refractivity contribution in [2.45, 2.75) is 6.92 Å². The Kier molecular flexibility index (Phi) is 4.19. The van der Waals surface area contributed by atoms with Gasteiger partial charge in [0.25, 0.3) is 0 Å². The molecule has 0 aliphatic carbocycles. The van der Waals surface area contributed by atoms with Crippen LogP contribution in [0, 0.1) is 0 Å². The summed E-state index contributed by atoms with van der Waals surface area (Å²) in [5.41, 5.74) is 0. The van der Waals surface area contributed by atoms with Crippen molar-refractivity contribution in [3.05, 3.63) is 12.8 Å². The van der Waals surface area contributed by atoms with Gasteiger partial charge in [-0.25, -0.2) is 0 Å². The summed E-state index contributed by atoms with van der Waals surface area (Å²) in [6.45, 7) is 9.37. The SMILES string of the molecule is C=CN(C)CC[N+](C)(C)CC. The molecule has 0 fully saturated rings. The van der Waals surface area contributed by atoms with E-state index < -0.39 is 0 Å². The van der Waals surface area contributed by atoms with Crippen LogP contribution in [0.1, 0.15) is 6.92 Å². The highest BCUT2D eigenvalue weighted by Gasteiger charge is 2.10. The van der Waals surface area contributed by atoms with Gasteiger partial charge in [0, 0.05) is 7.05 Å². The standard InChI is InChI=1S/C9H21N2/c1-6-10(3)8-9-11(4,5)7-2/h6H,1,7-9H2,2-5H3/q+1. The maximum atomic E-state index is 3.71. The molecule has 0 amide bonds. The highest BCUT2D eigenvalue weighted by Crippen LogP contribution is 1.95. The molecule has 0 saturated carbocycles. The van der Waals surface area contributed by atoms with Gasteiger partial charge in [0.15, 0.2) is 0 Å². The maximum absolute atomic E-state index is 3.71. The molecular weight excluding hydrogens is 136 g/mol. The molecule has 2 heteroatoms. The first-order valence-electron chi connectivity index (χ1n) is 4.16. The molecular formula is C9H21N2+. The van der Waals surface area contributed by atoms with Gasteiger partial charge in [0.1, 0.15) is 0 Å². The smallest absolute Gasteiger partial charge is 0.0960 e. The summed E-state index contributed by atoms with van der Waals surface area (Å²) in [4.78, 5) is 2.12. The minimum absolute atomic E-state index is 1.08. The largest absolute Gasteiger partial charge is 0.375 e. The van der Waals surface area contributed by atoms with Crippen molar-refractivity contribution in [2.75, 3.05) is 40.8 Å². The summed E-state index contributed by atoms with van der Waals surface area (Å²) in [5.74, 6) is 0. The molecule has 0 aromatic rings. The van der Waals surface area contributed by atoms with Crippen molar-refractivity contribution in [2.24, 2.45) is 0 Å². The third kappa shape index (κ3) is 4.85. The average molecular weight is 157 g/mol. The van der Waals surface area contributed by atoms with Crippen LogP contribution in [0.25, 0.3) is 0 Å². The summed E-state index contributed by atoms with van der Waals surface area (Å²) in [6.07, 6.45) is 1.87. The monoisotopic (exact) mass is 157 g/mol. The molecule has 66 valence electrons. The second kappa shape index (κ2) is 4.39. The molecule has 0 spiro atoms. The van der Waals surface area contributed by atoms with E-state index in [0.29, 0.717) is 0 Å². The number of hydrogen-bond donors (Lipinski definition) is 0. The zero-order valence-corrected chi connectivity index (χ0v) is 8.30. The van der Waals surface area contributed by atoms with Gasteiger partial charge in [-0.15, -0.1) is 0 Å². The predicted octanol–water partition coefficient (Wildman–Crippen LogP) is 1.16. The molecule has 0 aromatic heterocycles. The molecule has 0 aromatic carbocycles. The fourth-order valence-electron chi connectivity index (χ4n) is 0.678. The molecule has 0 N–H and O–H groups in total. The van der Waals surface area contributed by atoms with Crippen LogP contribution in [0.15, 0.2) is 12.8 Å². The van der Waals surface area contributed by atoms with Crippen molar-refractivity contribution < 1.29 is 4.48 Å². The first kappa shape index (κ1) is 10.5. The Balaban J connectivity index is 3.60. The minimum atomic E-state index is 1.08. The van der Waals surface area contributed by atoms with Crippen molar-refractivity contribution >= 4 is 0 Å². The van der Waals surface area contributed by atoms with E-state index in [1.165, 1.54) is 13.1 Å². The van der Waals surface area contributed by atoms with Crippen LogP contribution in [0.4, 0.5) is 0 Å². The Morgan fingerprint density at radius 3 is 2.36 bits per heavy atom. The minimum Gasteiger partial charge on any atom is -0.375 e. The Hall–Kier alpha value is -0.500. The van der Waals surface area contributed by atoms with Crippen molar-refractivity contribution in [3.8, 4) is 0 Å². The Morgan fingerprint density at radius 1 is 1.45 bits per heavy atom. The molecule has 0 radical (unpaired) electrons. The summed E-state index contributed by atoms with van der Waals surface area (Å²) < 4.78 is 1.08. The van der Waals surface area contributed by atoms with E-state index in [0.717, 1.165) is 11.0 Å². The van der Waals surface area contributed by atoms with E-state index in [9.17, 15) is 0 Å². The second-order valence-electron chi connectivity index (χ2n) is 3.64. The van der Waals surface area contributed by atoms with E-state index in [1.54, 1.807) is 0 Å². The highest BCUT2D eigenvalue weighted by atomic mass is 15.3. The lowest BCUT2D eigenvalue weighted by atomic mass is 10.4. The lowest BCUT2D eigenvalue weighted by molar-refractivity contribution is -0.887. The van der Waals surface area contributed by atoms with E-state index >= 15 is 0 Å². The van der Waals surface area contributed by atoms with Gasteiger partial charge in [0.2, 0.25) is 0 Å². The number of quaternary nitrogens is 1. The molecule has 0 rings (SSSR count). The number of nitrogens with zero attached hydrogens (tertiary/aromatic N) is 2. The van der Waals surface area contributed by atoms with Crippen molar-refractivity contribution in [3.63, 3.8) is 0 Å². The molecule has 0 saturated heterocycles. The molecule has 0 aliphatic rings. The quantitative estimate of drug-likeness (QED) is 0.541. The van der Waals surface area contributed by atoms with Crippen LogP contribution < -0.4 is 0 Å². The molecule has 0 unspecified atom stereocenters. The van der Waals surface area contributed by atoms with Gasteiger partial charge in [-0.1, -0.05) is 6.58 Å². The van der Waals surface area contributed by atoms with Gasteiger partial charge in [-0.3, -0.25) is 0 Å². The first-order chi connectivity index (χ1) is 5.02. The third-order valence-corrected chi connectivity index (χ3v) is 2.23. The number of hydrogen-bond acceptors (Lipinski definition) is 1. The lowest BCUT2D eigenvalue weighted by Crippen LogP contribution is -2.43. The first-order valence-corrected chi connectivity index (χ1v) is 4.16. The van der Waals surface area contributed by atoms with E-state index in [2.05, 4.69) is 39.5 Å². The van der Waals surface area contributed by atoms with Gasteiger partial charge in [0.05, 0.1) is 33.7 Å². The van der Waals surface area contributed by atoms with Crippen LogP contribution in [0.3, 0.4) is 0 Å². The normalized spacial score (nSPS) is 11.3. The topological polar surface area (TPSA) is 3.24 Å². The van der Waals surface area contributed by atoms with Gasteiger partial charge >= 0.3 is 0 Å². The number of rotatable bonds is 5. The Labute approximate surface area is 70.7 Å². The van der Waals surface area contributed by atoms with Crippen LogP contribution >= 0.6 is 0 Å². The fraction of sp³-hybridized carbons (Fsp3) is 0.778. The molecule has 2 nitrogen and oxygen atoms in total. The Bertz CT molecular complexity index is 119. The van der Waals surface area contributed by atoms with E-state index in [1.807, 2.05) is 6.20 Å². The maximum Gasteiger partial charge on any atom is 0.0960 e. The number of likely N-dealkylation sites (N-methyl/N-ethyl adjacent to an activating group) is 2. The van der Waals surface area contributed by atoms with Crippen LogP contribution in [-0.2, 0) is 0 Å². The van der Waals surface area contributed by atoms with Crippen LogP contribution in [0.2, 0.25) is 0 Å². The van der Waals surface area contributed by atoms with Crippen LogP contribution in [0.5, 0.6) is 0 Å². The molecule has 0 aliphatic heterocycles. The molecule has 0 bridgehead atoms. The predicted molar refractivity (Wildman–Crippen MR) is 50.3 cm³/mol. The lowest BCUT2D eigenvalue weighted by Gasteiger charge is -2.29. The van der Waals surface area contributed by atoms with Gasteiger partial charge < -0.3 is 9.38 Å². The van der Waals surface area contributed by atoms with Crippen molar-refractivity contribution in [1.82, 2.24) is 4.90 Å². The van der Waals surface area contributed by atoms with E-state index in [-0.39, 0.29) is 0 Å². The van der Waals surface area contributed by atoms with Crippen LogP contribution in [-0.4, -0.2) is 50.2 Å².